The number of nitrogens with one attached hydrogen (secondary N) is 2. The second-order valence-electron chi connectivity index (χ2n) is 4.74. The van der Waals surface area contributed by atoms with Gasteiger partial charge in [-0.15, -0.1) is 0 Å². The van der Waals surface area contributed by atoms with Crippen molar-refractivity contribution in [1.29, 1.82) is 0 Å². The molecule has 1 fully saturated rings. The number of nitrogens with zero attached hydrogens (tertiary/aromatic N) is 3. The van der Waals surface area contributed by atoms with Crippen LogP contribution in [0.25, 0.3) is 11.0 Å². The summed E-state index contributed by atoms with van der Waals surface area (Å²) in [6.07, 6.45) is 0.0620. The van der Waals surface area contributed by atoms with Crippen LogP contribution in [-0.4, -0.2) is 44.7 Å². The summed E-state index contributed by atoms with van der Waals surface area (Å²) in [5, 5.41) is 13.6. The zero-order valence-electron chi connectivity index (χ0n) is 11.0. The number of likely N-dealkylation sites (tertiary alicyclic amines) is 1. The Labute approximate surface area is 118 Å². The number of imidazole rings is 1. The number of benzene rings is 1. The maximum absolute atomic E-state index is 11.8. The topological polar surface area (TPSA) is 121 Å². The molecule has 2 N–H and O–H groups in total. The molecular weight excluding hydrogens is 278 g/mol. The van der Waals surface area contributed by atoms with E-state index in [1.807, 2.05) is 0 Å². The zero-order chi connectivity index (χ0) is 15.1. The Morgan fingerprint density at radius 3 is 2.86 bits per heavy atom. The van der Waals surface area contributed by atoms with Gasteiger partial charge in [0.2, 0.25) is 11.9 Å². The van der Waals surface area contributed by atoms with Crippen molar-refractivity contribution >= 4 is 34.5 Å². The number of amides is 2. The standard InChI is InChI=1S/C12H11N5O4/c1-16-10(18)5-9(11(16)19)15-12-13-7-3-2-6(17(20)21)4-8(7)14-12/h2-4,9H,5H2,1H3,(H2,13,14,15). The van der Waals surface area contributed by atoms with Gasteiger partial charge in [-0.25, -0.2) is 4.98 Å². The lowest BCUT2D eigenvalue weighted by atomic mass is 10.2. The Bertz CT molecular complexity index is 768. The van der Waals surface area contributed by atoms with Gasteiger partial charge < -0.3 is 10.3 Å². The smallest absolute Gasteiger partial charge is 0.271 e. The summed E-state index contributed by atoms with van der Waals surface area (Å²) >= 11 is 0. The lowest BCUT2D eigenvalue weighted by Gasteiger charge is -2.09. The van der Waals surface area contributed by atoms with Crippen LogP contribution in [0.5, 0.6) is 0 Å². The van der Waals surface area contributed by atoms with Crippen molar-refractivity contribution in [2.75, 3.05) is 12.4 Å². The van der Waals surface area contributed by atoms with Gasteiger partial charge >= 0.3 is 0 Å². The Kier molecular flexibility index (Phi) is 2.82. The monoisotopic (exact) mass is 289 g/mol. The van der Waals surface area contributed by atoms with Crippen molar-refractivity contribution in [2.45, 2.75) is 12.5 Å². The second-order valence-corrected chi connectivity index (χ2v) is 4.74. The number of nitro benzene ring substituents is 1. The number of rotatable bonds is 3. The molecule has 0 aliphatic carbocycles. The van der Waals surface area contributed by atoms with E-state index < -0.39 is 11.0 Å². The molecule has 2 heterocycles. The second kappa shape index (κ2) is 4.54. The van der Waals surface area contributed by atoms with E-state index in [-0.39, 0.29) is 23.9 Å². The van der Waals surface area contributed by atoms with Crippen LogP contribution in [0.3, 0.4) is 0 Å². The predicted octanol–water partition coefficient (Wildman–Crippen LogP) is 0.640. The lowest BCUT2D eigenvalue weighted by molar-refractivity contribution is -0.384. The molecule has 3 rings (SSSR count). The molecule has 1 aromatic carbocycles. The number of nitro groups is 1. The number of non-ortho nitro benzene ring substituents is 1. The molecule has 2 amide bonds. The van der Waals surface area contributed by atoms with Crippen LogP contribution in [-0.2, 0) is 9.59 Å². The number of carbonyl (C=O) groups excluding carboxylic acids is 2. The third-order valence-electron chi connectivity index (χ3n) is 3.37. The molecule has 9 heteroatoms. The zero-order valence-corrected chi connectivity index (χ0v) is 11.0. The van der Waals surface area contributed by atoms with Crippen molar-refractivity contribution in [3.05, 3.63) is 28.3 Å². The van der Waals surface area contributed by atoms with Gasteiger partial charge in [-0.1, -0.05) is 0 Å². The maximum Gasteiger partial charge on any atom is 0.271 e. The van der Waals surface area contributed by atoms with E-state index in [1.165, 1.54) is 25.2 Å². The van der Waals surface area contributed by atoms with E-state index in [0.29, 0.717) is 17.0 Å². The summed E-state index contributed by atoms with van der Waals surface area (Å²) in [5.74, 6) is -0.289. The van der Waals surface area contributed by atoms with Crippen LogP contribution in [0.2, 0.25) is 0 Å². The Morgan fingerprint density at radius 1 is 1.48 bits per heavy atom. The van der Waals surface area contributed by atoms with Crippen LogP contribution in [0.4, 0.5) is 11.6 Å². The van der Waals surface area contributed by atoms with Gasteiger partial charge in [-0.05, 0) is 6.07 Å². The van der Waals surface area contributed by atoms with Crippen LogP contribution in [0, 0.1) is 10.1 Å². The van der Waals surface area contributed by atoms with Crippen molar-refractivity contribution in [1.82, 2.24) is 14.9 Å². The van der Waals surface area contributed by atoms with Gasteiger partial charge in [-0.3, -0.25) is 24.6 Å². The molecule has 0 radical (unpaired) electrons. The molecule has 1 unspecified atom stereocenters. The number of hydrogen-bond acceptors (Lipinski definition) is 6. The van der Waals surface area contributed by atoms with Crippen molar-refractivity contribution in [3.8, 4) is 0 Å². The van der Waals surface area contributed by atoms with Gasteiger partial charge in [0.1, 0.15) is 6.04 Å². The average Bonchev–Trinajstić information content (AvgIpc) is 2.95. The summed E-state index contributed by atoms with van der Waals surface area (Å²) < 4.78 is 0. The maximum atomic E-state index is 11.8. The molecule has 21 heavy (non-hydrogen) atoms. The van der Waals surface area contributed by atoms with Crippen LogP contribution < -0.4 is 5.32 Å². The number of aromatic amines is 1. The number of fused-ring (bicyclic) bond motifs is 1. The molecule has 1 atom stereocenters. The molecule has 1 aromatic heterocycles. The molecule has 108 valence electrons. The fourth-order valence-corrected chi connectivity index (χ4v) is 2.21. The highest BCUT2D eigenvalue weighted by Crippen LogP contribution is 2.22. The first-order chi connectivity index (χ1) is 9.95. The summed E-state index contributed by atoms with van der Waals surface area (Å²) in [4.78, 5) is 41.6. The minimum atomic E-state index is -0.668. The van der Waals surface area contributed by atoms with E-state index in [2.05, 4.69) is 15.3 Å². The molecule has 0 spiro atoms. The lowest BCUT2D eigenvalue weighted by Crippen LogP contribution is -2.32. The molecule has 1 aliphatic rings. The van der Waals surface area contributed by atoms with E-state index >= 15 is 0 Å². The normalized spacial score (nSPS) is 18.5. The highest BCUT2D eigenvalue weighted by atomic mass is 16.6. The number of carbonyl (C=O) groups is 2. The molecule has 1 saturated heterocycles. The number of aromatic nitrogens is 2. The fourth-order valence-electron chi connectivity index (χ4n) is 2.21. The number of H-pyrrole nitrogens is 1. The molecule has 9 nitrogen and oxygen atoms in total. The molecular formula is C12H11N5O4. The summed E-state index contributed by atoms with van der Waals surface area (Å²) in [7, 11) is 1.42. The average molecular weight is 289 g/mol. The first kappa shape index (κ1) is 13.0. The summed E-state index contributed by atoms with van der Waals surface area (Å²) in [6, 6.07) is 3.56. The van der Waals surface area contributed by atoms with E-state index in [0.717, 1.165) is 4.90 Å². The predicted molar refractivity (Wildman–Crippen MR) is 72.6 cm³/mol. The third kappa shape index (κ3) is 2.18. The van der Waals surface area contributed by atoms with Gasteiger partial charge in [-0.2, -0.15) is 0 Å². The van der Waals surface area contributed by atoms with Crippen molar-refractivity contribution < 1.29 is 14.5 Å². The number of hydrogen-bond donors (Lipinski definition) is 2. The number of likely N-dealkylation sites (N-methyl/N-ethyl adjacent to an activating group) is 1. The van der Waals surface area contributed by atoms with E-state index in [9.17, 15) is 19.7 Å². The van der Waals surface area contributed by atoms with Gasteiger partial charge in [0, 0.05) is 19.2 Å². The van der Waals surface area contributed by atoms with Gasteiger partial charge in [0.05, 0.1) is 22.4 Å². The summed E-state index contributed by atoms with van der Waals surface area (Å²) in [6.45, 7) is 0. The Balaban J connectivity index is 1.87. The number of imide groups is 1. The number of anilines is 1. The largest absolute Gasteiger partial charge is 0.343 e. The minimum absolute atomic E-state index is 0.0513. The Hall–Kier alpha value is -2.97. The third-order valence-corrected chi connectivity index (χ3v) is 3.37. The minimum Gasteiger partial charge on any atom is -0.343 e. The highest BCUT2D eigenvalue weighted by Gasteiger charge is 2.36. The molecule has 1 aliphatic heterocycles. The van der Waals surface area contributed by atoms with Crippen LogP contribution >= 0.6 is 0 Å². The van der Waals surface area contributed by atoms with Crippen molar-refractivity contribution in [3.63, 3.8) is 0 Å². The van der Waals surface area contributed by atoms with Gasteiger partial charge in [0.25, 0.3) is 11.6 Å². The quantitative estimate of drug-likeness (QED) is 0.486. The Morgan fingerprint density at radius 2 is 2.24 bits per heavy atom. The first-order valence-electron chi connectivity index (χ1n) is 6.17. The van der Waals surface area contributed by atoms with Crippen LogP contribution in [0.1, 0.15) is 6.42 Å². The molecule has 2 aromatic rings. The van der Waals surface area contributed by atoms with Crippen molar-refractivity contribution in [2.24, 2.45) is 0 Å². The van der Waals surface area contributed by atoms with E-state index in [4.69, 9.17) is 0 Å². The summed E-state index contributed by atoms with van der Waals surface area (Å²) in [5.41, 5.74) is 0.967. The van der Waals surface area contributed by atoms with E-state index in [1.54, 1.807) is 0 Å². The first-order valence-corrected chi connectivity index (χ1v) is 6.17. The van der Waals surface area contributed by atoms with Crippen LogP contribution in [0.15, 0.2) is 18.2 Å². The fraction of sp³-hybridized carbons (Fsp3) is 0.250. The molecule has 0 saturated carbocycles. The molecule has 0 bridgehead atoms. The van der Waals surface area contributed by atoms with Gasteiger partial charge in [0.15, 0.2) is 0 Å². The highest BCUT2D eigenvalue weighted by molar-refractivity contribution is 6.06. The SMILES string of the molecule is CN1C(=O)CC(Nc2nc3ccc([N+](=O)[O-])cc3[nH]2)C1=O.